The molecule has 1 saturated carbocycles. The van der Waals surface area contributed by atoms with E-state index in [4.69, 9.17) is 5.11 Å². The van der Waals surface area contributed by atoms with E-state index < -0.39 is 5.97 Å². The van der Waals surface area contributed by atoms with Gasteiger partial charge in [-0.2, -0.15) is 0 Å². The van der Waals surface area contributed by atoms with Crippen LogP contribution in [0, 0.1) is 0 Å². The van der Waals surface area contributed by atoms with Gasteiger partial charge in [-0.15, -0.1) is 0 Å². The zero-order valence-electron chi connectivity index (χ0n) is 10.1. The lowest BCUT2D eigenvalue weighted by Crippen LogP contribution is -2.46. The van der Waals surface area contributed by atoms with Crippen LogP contribution in [0.5, 0.6) is 0 Å². The second-order valence-corrected chi connectivity index (χ2v) is 5.18. The average Bonchev–Trinajstić information content (AvgIpc) is 3.03. The zero-order valence-corrected chi connectivity index (χ0v) is 10.1. The maximum absolute atomic E-state index is 10.8. The fourth-order valence-corrected chi connectivity index (χ4v) is 2.60. The van der Waals surface area contributed by atoms with Gasteiger partial charge < -0.3 is 10.0 Å². The molecule has 4 nitrogen and oxygen atoms in total. The Morgan fingerprint density at radius 2 is 2.12 bits per heavy atom. The Bertz CT molecular complexity index is 253. The van der Waals surface area contributed by atoms with E-state index in [9.17, 15) is 4.79 Å². The number of hydrogen-bond donors (Lipinski definition) is 1. The van der Waals surface area contributed by atoms with Gasteiger partial charge in [-0.1, -0.05) is 6.42 Å². The molecule has 4 heteroatoms. The van der Waals surface area contributed by atoms with Gasteiger partial charge in [0.05, 0.1) is 6.54 Å². The second-order valence-electron chi connectivity index (χ2n) is 5.18. The molecule has 0 aromatic rings. The Morgan fingerprint density at radius 1 is 1.38 bits per heavy atom. The van der Waals surface area contributed by atoms with Crippen molar-refractivity contribution in [2.75, 3.05) is 26.7 Å². The highest BCUT2D eigenvalue weighted by molar-refractivity contribution is 5.69. The summed E-state index contributed by atoms with van der Waals surface area (Å²) >= 11 is 0. The number of carboxylic acids is 1. The highest BCUT2D eigenvalue weighted by atomic mass is 16.4. The van der Waals surface area contributed by atoms with Crippen LogP contribution in [0.4, 0.5) is 0 Å². The molecule has 2 aliphatic rings. The molecule has 0 unspecified atom stereocenters. The lowest BCUT2D eigenvalue weighted by Gasteiger charge is -2.36. The predicted molar refractivity (Wildman–Crippen MR) is 62.5 cm³/mol. The van der Waals surface area contributed by atoms with Crippen LogP contribution in [0.15, 0.2) is 0 Å². The average molecular weight is 226 g/mol. The van der Waals surface area contributed by atoms with E-state index in [0.29, 0.717) is 12.1 Å². The van der Waals surface area contributed by atoms with Gasteiger partial charge in [0.2, 0.25) is 0 Å². The van der Waals surface area contributed by atoms with Gasteiger partial charge >= 0.3 is 5.97 Å². The minimum absolute atomic E-state index is 0.217. The maximum Gasteiger partial charge on any atom is 0.317 e. The summed E-state index contributed by atoms with van der Waals surface area (Å²) in [6, 6.07) is 1.11. The Kier molecular flexibility index (Phi) is 3.82. The molecular weight excluding hydrogens is 204 g/mol. The quantitative estimate of drug-likeness (QED) is 0.760. The van der Waals surface area contributed by atoms with Crippen molar-refractivity contribution in [3.63, 3.8) is 0 Å². The van der Waals surface area contributed by atoms with E-state index in [1.165, 1.54) is 32.1 Å². The van der Waals surface area contributed by atoms with Crippen LogP contribution < -0.4 is 0 Å². The van der Waals surface area contributed by atoms with Crippen molar-refractivity contribution < 1.29 is 9.90 Å². The van der Waals surface area contributed by atoms with Gasteiger partial charge in [0.15, 0.2) is 0 Å². The number of carboxylic acid groups (broad SMARTS) is 1. The first-order chi connectivity index (χ1) is 7.66. The van der Waals surface area contributed by atoms with E-state index in [0.717, 1.165) is 13.1 Å². The van der Waals surface area contributed by atoms with Crippen LogP contribution in [0.2, 0.25) is 0 Å². The predicted octanol–water partition coefficient (Wildman–Crippen LogP) is 1.02. The number of likely N-dealkylation sites (tertiary alicyclic amines) is 1. The van der Waals surface area contributed by atoms with Crippen molar-refractivity contribution in [2.45, 2.75) is 44.2 Å². The lowest BCUT2D eigenvalue weighted by atomic mass is 10.0. The molecule has 1 aliphatic heterocycles. The minimum atomic E-state index is -0.689. The van der Waals surface area contributed by atoms with Crippen molar-refractivity contribution in [1.82, 2.24) is 9.80 Å². The fourth-order valence-electron chi connectivity index (χ4n) is 2.60. The molecule has 1 saturated heterocycles. The molecule has 0 bridgehead atoms. The van der Waals surface area contributed by atoms with Crippen LogP contribution in [0.1, 0.15) is 32.1 Å². The first kappa shape index (κ1) is 11.9. The SMILES string of the molecule is CN1CCCC[C@@H]1CN(CC(=O)O)C1CC1. The van der Waals surface area contributed by atoms with Crippen LogP contribution in [-0.4, -0.2) is 59.6 Å². The van der Waals surface area contributed by atoms with E-state index >= 15 is 0 Å². The molecule has 2 fully saturated rings. The molecule has 1 aliphatic carbocycles. The molecule has 0 spiro atoms. The summed E-state index contributed by atoms with van der Waals surface area (Å²) in [5, 5.41) is 8.90. The van der Waals surface area contributed by atoms with Crippen molar-refractivity contribution in [1.29, 1.82) is 0 Å². The van der Waals surface area contributed by atoms with Gasteiger partial charge in [-0.3, -0.25) is 9.69 Å². The van der Waals surface area contributed by atoms with Gasteiger partial charge in [0.1, 0.15) is 0 Å². The van der Waals surface area contributed by atoms with Gasteiger partial charge in [-0.05, 0) is 39.3 Å². The summed E-state index contributed by atoms with van der Waals surface area (Å²) in [6.45, 7) is 2.32. The zero-order chi connectivity index (χ0) is 11.5. The molecule has 0 aromatic heterocycles. The van der Waals surface area contributed by atoms with Crippen LogP contribution in [0.25, 0.3) is 0 Å². The maximum atomic E-state index is 10.8. The van der Waals surface area contributed by atoms with E-state index in [1.54, 1.807) is 0 Å². The lowest BCUT2D eigenvalue weighted by molar-refractivity contribution is -0.138. The van der Waals surface area contributed by atoms with E-state index in [2.05, 4.69) is 16.8 Å². The van der Waals surface area contributed by atoms with E-state index in [-0.39, 0.29) is 6.54 Å². The number of piperidine rings is 1. The van der Waals surface area contributed by atoms with Gasteiger partial charge in [0.25, 0.3) is 0 Å². The summed E-state index contributed by atoms with van der Waals surface area (Å²) in [7, 11) is 2.16. The molecular formula is C12H22N2O2. The summed E-state index contributed by atoms with van der Waals surface area (Å²) in [5.41, 5.74) is 0. The van der Waals surface area contributed by atoms with E-state index in [1.807, 2.05) is 0 Å². The van der Waals surface area contributed by atoms with Gasteiger partial charge in [0, 0.05) is 18.6 Å². The molecule has 1 heterocycles. The summed E-state index contributed by atoms with van der Waals surface area (Å²) in [6.07, 6.45) is 6.17. The summed E-state index contributed by atoms with van der Waals surface area (Å²) in [4.78, 5) is 15.4. The third kappa shape index (κ3) is 3.19. The number of aliphatic carboxylic acids is 1. The Morgan fingerprint density at radius 3 is 2.69 bits per heavy atom. The number of hydrogen-bond acceptors (Lipinski definition) is 3. The molecule has 0 radical (unpaired) electrons. The molecule has 0 amide bonds. The molecule has 16 heavy (non-hydrogen) atoms. The fraction of sp³-hybridized carbons (Fsp3) is 0.917. The number of likely N-dealkylation sites (N-methyl/N-ethyl adjacent to an activating group) is 1. The first-order valence-electron chi connectivity index (χ1n) is 6.33. The first-order valence-corrected chi connectivity index (χ1v) is 6.33. The minimum Gasteiger partial charge on any atom is -0.480 e. The monoisotopic (exact) mass is 226 g/mol. The highest BCUT2D eigenvalue weighted by Gasteiger charge is 2.33. The summed E-state index contributed by atoms with van der Waals surface area (Å²) < 4.78 is 0. The molecule has 1 N–H and O–H groups in total. The van der Waals surface area contributed by atoms with Crippen molar-refractivity contribution in [2.24, 2.45) is 0 Å². The van der Waals surface area contributed by atoms with Gasteiger partial charge in [-0.25, -0.2) is 0 Å². The Hall–Kier alpha value is -0.610. The smallest absolute Gasteiger partial charge is 0.317 e. The normalized spacial score (nSPS) is 27.2. The van der Waals surface area contributed by atoms with Crippen LogP contribution in [0.3, 0.4) is 0 Å². The molecule has 0 aromatic carbocycles. The topological polar surface area (TPSA) is 43.8 Å². The largest absolute Gasteiger partial charge is 0.480 e. The summed E-state index contributed by atoms with van der Waals surface area (Å²) in [5.74, 6) is -0.689. The molecule has 92 valence electrons. The van der Waals surface area contributed by atoms with Crippen molar-refractivity contribution >= 4 is 5.97 Å². The standard InChI is InChI=1S/C12H22N2O2/c1-13-7-3-2-4-11(13)8-14(9-12(15)16)10-5-6-10/h10-11H,2-9H2,1H3,(H,15,16)/t11-/m1/s1. The van der Waals surface area contributed by atoms with Crippen LogP contribution in [-0.2, 0) is 4.79 Å². The Labute approximate surface area is 97.2 Å². The third-order valence-electron chi connectivity index (χ3n) is 3.77. The number of carbonyl (C=O) groups is 1. The molecule has 1 atom stereocenters. The van der Waals surface area contributed by atoms with Crippen molar-refractivity contribution in [3.05, 3.63) is 0 Å². The number of rotatable bonds is 5. The van der Waals surface area contributed by atoms with Crippen molar-refractivity contribution in [3.8, 4) is 0 Å². The third-order valence-corrected chi connectivity index (χ3v) is 3.77. The van der Waals surface area contributed by atoms with Crippen LogP contribution >= 0.6 is 0 Å². The molecule has 2 rings (SSSR count). The Balaban J connectivity index is 1.86. The highest BCUT2D eigenvalue weighted by Crippen LogP contribution is 2.28. The second kappa shape index (κ2) is 5.15. The number of nitrogens with zero attached hydrogens (tertiary/aromatic N) is 2.